The highest BCUT2D eigenvalue weighted by Gasteiger charge is 2.22. The smallest absolute Gasteiger partial charge is 0.220 e. The average molecular weight is 271 g/mol. The van der Waals surface area contributed by atoms with Crippen molar-refractivity contribution in [3.8, 4) is 0 Å². The van der Waals surface area contributed by atoms with Crippen molar-refractivity contribution in [1.82, 2.24) is 5.32 Å². The zero-order valence-electron chi connectivity index (χ0n) is 11.3. The molecule has 18 heavy (non-hydrogen) atoms. The summed E-state index contributed by atoms with van der Waals surface area (Å²) < 4.78 is 0. The molecule has 0 aliphatic carbocycles. The second kappa shape index (κ2) is 7.39. The molecule has 3 N–H and O–H groups in total. The van der Waals surface area contributed by atoms with Crippen LogP contribution in [0.3, 0.4) is 0 Å². The van der Waals surface area contributed by atoms with Crippen LogP contribution >= 0.6 is 12.4 Å². The topological polar surface area (TPSA) is 55.1 Å². The van der Waals surface area contributed by atoms with Gasteiger partial charge in [-0.2, -0.15) is 0 Å². The van der Waals surface area contributed by atoms with Crippen molar-refractivity contribution in [3.63, 3.8) is 0 Å². The summed E-state index contributed by atoms with van der Waals surface area (Å²) in [7, 11) is 0. The molecule has 1 rings (SSSR count). The molecule has 0 unspecified atom stereocenters. The Balaban J connectivity index is 0.00000289. The number of nitrogens with two attached hydrogens (primary N) is 1. The number of hydrogen-bond acceptors (Lipinski definition) is 2. The quantitative estimate of drug-likeness (QED) is 0.864. The largest absolute Gasteiger partial charge is 0.347 e. The molecule has 0 heterocycles. The Hall–Kier alpha value is -1.06. The van der Waals surface area contributed by atoms with Gasteiger partial charge in [-0.3, -0.25) is 4.79 Å². The highest BCUT2D eigenvalue weighted by Crippen LogP contribution is 2.21. The molecule has 1 aromatic rings. The van der Waals surface area contributed by atoms with Crippen molar-refractivity contribution in [3.05, 3.63) is 35.4 Å². The number of aryl methyl sites for hydroxylation is 1. The zero-order valence-corrected chi connectivity index (χ0v) is 12.1. The fourth-order valence-corrected chi connectivity index (χ4v) is 1.78. The van der Waals surface area contributed by atoms with Gasteiger partial charge in [0.1, 0.15) is 0 Å². The van der Waals surface area contributed by atoms with E-state index in [1.165, 1.54) is 5.56 Å². The van der Waals surface area contributed by atoms with Crippen LogP contribution < -0.4 is 11.1 Å². The van der Waals surface area contributed by atoms with E-state index in [-0.39, 0.29) is 23.9 Å². The van der Waals surface area contributed by atoms with Crippen LogP contribution in [0.4, 0.5) is 0 Å². The molecular formula is C14H23ClN2O. The molecule has 0 saturated carbocycles. The second-order valence-electron chi connectivity index (χ2n) is 4.93. The minimum atomic E-state index is -0.336. The number of halogens is 1. The molecule has 0 saturated heterocycles. The van der Waals surface area contributed by atoms with Gasteiger partial charge in [0.2, 0.25) is 5.91 Å². The molecule has 0 radical (unpaired) electrons. The number of carbonyl (C=O) groups excluding carboxylic acids is 1. The van der Waals surface area contributed by atoms with E-state index in [4.69, 9.17) is 5.73 Å². The normalized spacial score (nSPS) is 10.7. The molecule has 1 aromatic carbocycles. The monoisotopic (exact) mass is 270 g/mol. The maximum absolute atomic E-state index is 11.7. The maximum Gasteiger partial charge on any atom is 0.220 e. The minimum Gasteiger partial charge on any atom is -0.347 e. The summed E-state index contributed by atoms with van der Waals surface area (Å²) in [4.78, 5) is 11.7. The van der Waals surface area contributed by atoms with Crippen LogP contribution in [0, 0.1) is 6.92 Å². The lowest BCUT2D eigenvalue weighted by molar-refractivity contribution is -0.122. The number of carbonyl (C=O) groups is 1. The fourth-order valence-electron chi connectivity index (χ4n) is 1.78. The molecule has 0 aliphatic heterocycles. The van der Waals surface area contributed by atoms with Crippen molar-refractivity contribution in [2.24, 2.45) is 5.73 Å². The first-order valence-electron chi connectivity index (χ1n) is 6.04. The Bertz CT molecular complexity index is 391. The number of hydrogen-bond donors (Lipinski definition) is 2. The Morgan fingerprint density at radius 3 is 2.61 bits per heavy atom. The van der Waals surface area contributed by atoms with Gasteiger partial charge in [0, 0.05) is 6.42 Å². The lowest BCUT2D eigenvalue weighted by Crippen LogP contribution is -2.41. The summed E-state index contributed by atoms with van der Waals surface area (Å²) in [6, 6.07) is 8.20. The predicted molar refractivity (Wildman–Crippen MR) is 77.9 cm³/mol. The summed E-state index contributed by atoms with van der Waals surface area (Å²) >= 11 is 0. The van der Waals surface area contributed by atoms with Crippen LogP contribution in [-0.2, 0) is 10.3 Å². The van der Waals surface area contributed by atoms with E-state index < -0.39 is 0 Å². The van der Waals surface area contributed by atoms with Crippen LogP contribution in [0.1, 0.15) is 37.8 Å². The molecular weight excluding hydrogens is 248 g/mol. The summed E-state index contributed by atoms with van der Waals surface area (Å²) in [5.41, 5.74) is 7.38. The zero-order chi connectivity index (χ0) is 12.9. The highest BCUT2D eigenvalue weighted by atomic mass is 35.5. The maximum atomic E-state index is 11.7. The van der Waals surface area contributed by atoms with Gasteiger partial charge in [-0.15, -0.1) is 12.4 Å². The number of amides is 1. The third-order valence-electron chi connectivity index (χ3n) is 2.80. The van der Waals surface area contributed by atoms with E-state index in [0.717, 1.165) is 12.0 Å². The van der Waals surface area contributed by atoms with E-state index in [9.17, 15) is 4.79 Å². The summed E-state index contributed by atoms with van der Waals surface area (Å²) in [5, 5.41) is 3.04. The Morgan fingerprint density at radius 2 is 2.06 bits per heavy atom. The second-order valence-corrected chi connectivity index (χ2v) is 4.93. The molecule has 0 fully saturated rings. The van der Waals surface area contributed by atoms with Crippen LogP contribution in [0.15, 0.2) is 24.3 Å². The first-order valence-corrected chi connectivity index (χ1v) is 6.04. The van der Waals surface area contributed by atoms with E-state index in [1.807, 2.05) is 26.0 Å². The van der Waals surface area contributed by atoms with Crippen molar-refractivity contribution < 1.29 is 4.79 Å². The lowest BCUT2D eigenvalue weighted by atomic mass is 9.93. The third kappa shape index (κ3) is 5.07. The van der Waals surface area contributed by atoms with Crippen molar-refractivity contribution in [2.45, 2.75) is 39.2 Å². The van der Waals surface area contributed by atoms with Gasteiger partial charge in [-0.25, -0.2) is 0 Å². The SMILES string of the molecule is Cc1cccc(C(C)(C)NC(=O)CCCN)c1.Cl. The minimum absolute atomic E-state index is 0. The van der Waals surface area contributed by atoms with Gasteiger partial charge in [0.25, 0.3) is 0 Å². The molecule has 0 bridgehead atoms. The lowest BCUT2D eigenvalue weighted by Gasteiger charge is -2.27. The third-order valence-corrected chi connectivity index (χ3v) is 2.80. The first-order chi connectivity index (χ1) is 7.95. The van der Waals surface area contributed by atoms with Crippen LogP contribution in [-0.4, -0.2) is 12.5 Å². The van der Waals surface area contributed by atoms with Gasteiger partial charge in [0.05, 0.1) is 5.54 Å². The van der Waals surface area contributed by atoms with E-state index in [0.29, 0.717) is 13.0 Å². The molecule has 102 valence electrons. The Labute approximate surface area is 116 Å². The first kappa shape index (κ1) is 16.9. The molecule has 4 heteroatoms. The van der Waals surface area contributed by atoms with Gasteiger partial charge >= 0.3 is 0 Å². The van der Waals surface area contributed by atoms with Gasteiger partial charge in [-0.1, -0.05) is 29.8 Å². The van der Waals surface area contributed by atoms with E-state index >= 15 is 0 Å². The van der Waals surface area contributed by atoms with Gasteiger partial charge in [0.15, 0.2) is 0 Å². The molecule has 0 spiro atoms. The van der Waals surface area contributed by atoms with Crippen LogP contribution in [0.25, 0.3) is 0 Å². The number of nitrogens with one attached hydrogen (secondary N) is 1. The van der Waals surface area contributed by atoms with Crippen molar-refractivity contribution >= 4 is 18.3 Å². The van der Waals surface area contributed by atoms with E-state index in [2.05, 4.69) is 24.4 Å². The summed E-state index contributed by atoms with van der Waals surface area (Å²) in [5.74, 6) is 0.0574. The molecule has 0 aliphatic rings. The van der Waals surface area contributed by atoms with Crippen LogP contribution in [0.2, 0.25) is 0 Å². The van der Waals surface area contributed by atoms with Crippen LogP contribution in [0.5, 0.6) is 0 Å². The summed E-state index contributed by atoms with van der Waals surface area (Å²) in [6.45, 7) is 6.64. The highest BCUT2D eigenvalue weighted by molar-refractivity contribution is 5.85. The fraction of sp³-hybridized carbons (Fsp3) is 0.500. The Morgan fingerprint density at radius 1 is 1.39 bits per heavy atom. The molecule has 3 nitrogen and oxygen atoms in total. The molecule has 1 amide bonds. The summed E-state index contributed by atoms with van der Waals surface area (Å²) in [6.07, 6.45) is 1.22. The number of rotatable bonds is 5. The standard InChI is InChI=1S/C14H22N2O.ClH/c1-11-6-4-7-12(10-11)14(2,3)16-13(17)8-5-9-15;/h4,6-7,10H,5,8-9,15H2,1-3H3,(H,16,17);1H. The number of benzene rings is 1. The van der Waals surface area contributed by atoms with Gasteiger partial charge in [-0.05, 0) is 39.3 Å². The molecule has 0 aromatic heterocycles. The molecule has 0 atom stereocenters. The Kier molecular flexibility index (Phi) is 6.96. The average Bonchev–Trinajstić information content (AvgIpc) is 2.26. The predicted octanol–water partition coefficient (Wildman–Crippen LogP) is 2.51. The van der Waals surface area contributed by atoms with Crippen molar-refractivity contribution in [1.29, 1.82) is 0 Å². The van der Waals surface area contributed by atoms with Crippen molar-refractivity contribution in [2.75, 3.05) is 6.54 Å². The van der Waals surface area contributed by atoms with E-state index in [1.54, 1.807) is 0 Å². The van der Waals surface area contributed by atoms with Gasteiger partial charge < -0.3 is 11.1 Å².